The van der Waals surface area contributed by atoms with Crippen molar-refractivity contribution in [1.29, 1.82) is 0 Å². The number of carbonyl (C=O) groups excluding carboxylic acids is 1. The van der Waals surface area contributed by atoms with E-state index in [0.717, 1.165) is 25.8 Å². The minimum absolute atomic E-state index is 0.111. The second-order valence-corrected chi connectivity index (χ2v) is 6.56. The van der Waals surface area contributed by atoms with Crippen LogP contribution in [0.15, 0.2) is 18.7 Å². The van der Waals surface area contributed by atoms with E-state index in [4.69, 9.17) is 4.74 Å². The largest absolute Gasteiger partial charge is 0.391 e. The van der Waals surface area contributed by atoms with Crippen molar-refractivity contribution in [3.05, 3.63) is 18.7 Å². The normalized spacial score (nSPS) is 29.0. The number of aromatic nitrogens is 2. The van der Waals surface area contributed by atoms with Crippen LogP contribution in [0.4, 0.5) is 0 Å². The van der Waals surface area contributed by atoms with Crippen molar-refractivity contribution in [3.8, 4) is 0 Å². The van der Waals surface area contributed by atoms with Crippen LogP contribution < -0.4 is 5.32 Å². The highest BCUT2D eigenvalue weighted by Gasteiger charge is 2.34. The molecule has 6 nitrogen and oxygen atoms in total. The molecule has 0 saturated heterocycles. The quantitative estimate of drug-likeness (QED) is 0.825. The van der Waals surface area contributed by atoms with Crippen LogP contribution in [0.25, 0.3) is 0 Å². The number of aliphatic hydroxyl groups is 1. The minimum Gasteiger partial charge on any atom is -0.391 e. The Labute approximate surface area is 130 Å². The van der Waals surface area contributed by atoms with E-state index in [-0.39, 0.29) is 24.7 Å². The first-order chi connectivity index (χ1) is 10.7. The second kappa shape index (κ2) is 7.24. The van der Waals surface area contributed by atoms with E-state index in [1.165, 1.54) is 12.8 Å². The van der Waals surface area contributed by atoms with Gasteiger partial charge in [0, 0.05) is 18.9 Å². The van der Waals surface area contributed by atoms with Gasteiger partial charge in [-0.05, 0) is 31.6 Å². The van der Waals surface area contributed by atoms with Gasteiger partial charge >= 0.3 is 0 Å². The molecule has 22 heavy (non-hydrogen) atoms. The predicted octanol–water partition coefficient (Wildman–Crippen LogP) is 1.10. The number of amides is 1. The molecule has 2 N–H and O–H groups in total. The van der Waals surface area contributed by atoms with E-state index in [2.05, 4.69) is 10.3 Å². The van der Waals surface area contributed by atoms with Crippen molar-refractivity contribution in [3.63, 3.8) is 0 Å². The number of ether oxygens (including phenoxy) is 1. The Morgan fingerprint density at radius 3 is 2.91 bits per heavy atom. The number of hydrogen-bond donors (Lipinski definition) is 2. The summed E-state index contributed by atoms with van der Waals surface area (Å²) >= 11 is 0. The number of carbonyl (C=O) groups is 1. The first-order valence-electron chi connectivity index (χ1n) is 8.25. The SMILES string of the molecule is O=C(COC1CCCC1)N[C@@H]1CC(Cn2ccnc2)C[C@H]1O. The molecule has 1 unspecified atom stereocenters. The first-order valence-corrected chi connectivity index (χ1v) is 8.25. The zero-order chi connectivity index (χ0) is 15.4. The van der Waals surface area contributed by atoms with Gasteiger partial charge in [-0.15, -0.1) is 0 Å². The third kappa shape index (κ3) is 4.08. The lowest BCUT2D eigenvalue weighted by Crippen LogP contribution is -2.42. The predicted molar refractivity (Wildman–Crippen MR) is 81.1 cm³/mol. The third-order valence-electron chi connectivity index (χ3n) is 4.75. The minimum atomic E-state index is -0.469. The molecule has 6 heteroatoms. The molecule has 2 fully saturated rings. The smallest absolute Gasteiger partial charge is 0.246 e. The molecule has 0 aromatic carbocycles. The van der Waals surface area contributed by atoms with E-state index >= 15 is 0 Å². The van der Waals surface area contributed by atoms with E-state index in [9.17, 15) is 9.90 Å². The molecule has 0 spiro atoms. The van der Waals surface area contributed by atoms with Gasteiger partial charge in [-0.25, -0.2) is 4.98 Å². The summed E-state index contributed by atoms with van der Waals surface area (Å²) in [4.78, 5) is 16.0. The van der Waals surface area contributed by atoms with Crippen LogP contribution in [0.1, 0.15) is 38.5 Å². The molecule has 2 aliphatic carbocycles. The van der Waals surface area contributed by atoms with Gasteiger partial charge in [0.1, 0.15) is 6.61 Å². The Balaban J connectivity index is 1.40. The number of imidazole rings is 1. The number of nitrogens with one attached hydrogen (secondary N) is 1. The molecule has 2 saturated carbocycles. The Morgan fingerprint density at radius 1 is 1.36 bits per heavy atom. The zero-order valence-electron chi connectivity index (χ0n) is 12.9. The molecule has 0 bridgehead atoms. The molecule has 3 rings (SSSR count). The van der Waals surface area contributed by atoms with Crippen LogP contribution in [-0.4, -0.2) is 45.4 Å². The second-order valence-electron chi connectivity index (χ2n) is 6.56. The van der Waals surface area contributed by atoms with Crippen molar-refractivity contribution in [2.75, 3.05) is 6.61 Å². The van der Waals surface area contributed by atoms with Crippen LogP contribution in [0.3, 0.4) is 0 Å². The first kappa shape index (κ1) is 15.5. The average molecular weight is 307 g/mol. The lowest BCUT2D eigenvalue weighted by atomic mass is 10.1. The van der Waals surface area contributed by atoms with Crippen molar-refractivity contribution in [1.82, 2.24) is 14.9 Å². The number of hydrogen-bond acceptors (Lipinski definition) is 4. The van der Waals surface area contributed by atoms with Gasteiger partial charge in [0.25, 0.3) is 0 Å². The van der Waals surface area contributed by atoms with Gasteiger partial charge in [0.05, 0.1) is 24.6 Å². The highest BCUT2D eigenvalue weighted by atomic mass is 16.5. The highest BCUT2D eigenvalue weighted by molar-refractivity contribution is 5.77. The van der Waals surface area contributed by atoms with Gasteiger partial charge in [0.2, 0.25) is 5.91 Å². The van der Waals surface area contributed by atoms with Crippen molar-refractivity contribution in [2.24, 2.45) is 5.92 Å². The maximum Gasteiger partial charge on any atom is 0.246 e. The van der Waals surface area contributed by atoms with Gasteiger partial charge in [0.15, 0.2) is 0 Å². The van der Waals surface area contributed by atoms with Crippen LogP contribution in [0, 0.1) is 5.92 Å². The third-order valence-corrected chi connectivity index (χ3v) is 4.75. The molecular weight excluding hydrogens is 282 g/mol. The summed E-state index contributed by atoms with van der Waals surface area (Å²) in [5.41, 5.74) is 0. The van der Waals surface area contributed by atoms with Crippen LogP contribution in [-0.2, 0) is 16.1 Å². The van der Waals surface area contributed by atoms with Gasteiger partial charge in [-0.2, -0.15) is 0 Å². The van der Waals surface area contributed by atoms with Crippen molar-refractivity contribution >= 4 is 5.91 Å². The monoisotopic (exact) mass is 307 g/mol. The van der Waals surface area contributed by atoms with Crippen LogP contribution in [0.2, 0.25) is 0 Å². The van der Waals surface area contributed by atoms with Crippen molar-refractivity contribution < 1.29 is 14.6 Å². The Bertz CT molecular complexity index is 471. The molecule has 3 atom stereocenters. The average Bonchev–Trinajstić information content (AvgIpc) is 3.21. The molecule has 0 aliphatic heterocycles. The summed E-state index contributed by atoms with van der Waals surface area (Å²) in [6.07, 6.45) is 11.3. The van der Waals surface area contributed by atoms with E-state index in [0.29, 0.717) is 12.3 Å². The molecule has 2 aliphatic rings. The highest BCUT2D eigenvalue weighted by Crippen LogP contribution is 2.27. The standard InChI is InChI=1S/C16H25N3O3/c20-15-8-12(9-19-6-5-17-11-19)7-14(15)18-16(21)10-22-13-3-1-2-4-13/h5-6,11-15,20H,1-4,7-10H2,(H,18,21)/t12?,14-,15-/m1/s1. The molecule has 1 amide bonds. The maximum absolute atomic E-state index is 12.0. The molecular formula is C16H25N3O3. The Morgan fingerprint density at radius 2 is 2.18 bits per heavy atom. The molecule has 122 valence electrons. The molecule has 1 heterocycles. The van der Waals surface area contributed by atoms with Gasteiger partial charge in [-0.3, -0.25) is 4.79 Å². The van der Waals surface area contributed by atoms with Crippen LogP contribution >= 0.6 is 0 Å². The number of rotatable bonds is 6. The summed E-state index contributed by atoms with van der Waals surface area (Å²) in [7, 11) is 0. The lowest BCUT2D eigenvalue weighted by molar-refractivity contribution is -0.128. The van der Waals surface area contributed by atoms with Gasteiger partial charge < -0.3 is 19.7 Å². The summed E-state index contributed by atoms with van der Waals surface area (Å²) in [6.45, 7) is 0.947. The summed E-state index contributed by atoms with van der Waals surface area (Å²) < 4.78 is 7.63. The van der Waals surface area contributed by atoms with E-state index in [1.807, 2.05) is 10.8 Å². The maximum atomic E-state index is 12.0. The summed E-state index contributed by atoms with van der Waals surface area (Å²) in [6, 6.07) is -0.159. The number of aliphatic hydroxyl groups excluding tert-OH is 1. The fraction of sp³-hybridized carbons (Fsp3) is 0.750. The van der Waals surface area contributed by atoms with E-state index < -0.39 is 6.10 Å². The van der Waals surface area contributed by atoms with Crippen LogP contribution in [0.5, 0.6) is 0 Å². The fourth-order valence-corrected chi connectivity index (χ4v) is 3.61. The summed E-state index contributed by atoms with van der Waals surface area (Å²) in [5.74, 6) is 0.254. The molecule has 1 aromatic rings. The van der Waals surface area contributed by atoms with E-state index in [1.54, 1.807) is 12.5 Å². The molecule has 0 radical (unpaired) electrons. The Hall–Kier alpha value is -1.40. The summed E-state index contributed by atoms with van der Waals surface area (Å²) in [5, 5.41) is 13.1. The zero-order valence-corrected chi connectivity index (χ0v) is 12.9. The van der Waals surface area contributed by atoms with Gasteiger partial charge in [-0.1, -0.05) is 12.8 Å². The number of nitrogens with zero attached hydrogens (tertiary/aromatic N) is 2. The lowest BCUT2D eigenvalue weighted by Gasteiger charge is -2.17. The Kier molecular flexibility index (Phi) is 5.10. The molecule has 1 aromatic heterocycles. The van der Waals surface area contributed by atoms with Crippen molar-refractivity contribution in [2.45, 2.75) is 63.3 Å². The fourth-order valence-electron chi connectivity index (χ4n) is 3.61. The topological polar surface area (TPSA) is 76.4 Å².